The van der Waals surface area contributed by atoms with E-state index >= 15 is 0 Å². The number of rotatable bonds is 22. The molecule has 7 aliphatic heterocycles. The molecule has 0 radical (unpaired) electrons. The number of ether oxygens (including phenoxy) is 13. The Balaban J connectivity index is 1.25. The van der Waals surface area contributed by atoms with Gasteiger partial charge in [0.15, 0.2) is 44.0 Å². The molecule has 0 aliphatic carbocycles. The van der Waals surface area contributed by atoms with Gasteiger partial charge in [-0.3, -0.25) is 14.4 Å². The molecule has 7 rings (SSSR count). The summed E-state index contributed by atoms with van der Waals surface area (Å²) in [5.41, 5.74) is 0. The molecule has 7 fully saturated rings. The second kappa shape index (κ2) is 30.3. The fourth-order valence-electron chi connectivity index (χ4n) is 10.9. The first-order valence-corrected chi connectivity index (χ1v) is 27.0. The monoisotopic (exact) mass is 1250 g/mol. The van der Waals surface area contributed by atoms with Crippen LogP contribution in [-0.4, -0.2) is 370 Å². The second-order valence-corrected chi connectivity index (χ2v) is 21.3. The zero-order valence-corrected chi connectivity index (χ0v) is 45.6. The van der Waals surface area contributed by atoms with Crippen molar-refractivity contribution in [2.45, 2.75) is 229 Å². The molecule has 38 nitrogen and oxygen atoms in total. The fourth-order valence-corrected chi connectivity index (χ4v) is 10.9. The van der Waals surface area contributed by atoms with Gasteiger partial charge in [0.25, 0.3) is 0 Å². The largest absolute Gasteiger partial charge is 0.394 e. The third kappa shape index (κ3) is 15.3. The van der Waals surface area contributed by atoms with Crippen molar-refractivity contribution >= 4 is 17.7 Å². The van der Waals surface area contributed by atoms with Gasteiger partial charge < -0.3 is 175 Å². The summed E-state index contributed by atoms with van der Waals surface area (Å²) in [5.74, 6) is -2.41. The Kier molecular flexibility index (Phi) is 24.8. The highest BCUT2D eigenvalue weighted by Gasteiger charge is 2.60. The standard InChI is InChI=1S/C47H79N3O35/c1-11(57)48-21-29(65)36(17(7-54)74-41(21)72)81-43-23(50-13(3)59)30(66)37(18(8-55)78-43)83-47-40(85-45-33(69)26(62)16(6-53)77-45)39(27(63)20(80-47)10-73-44-34(70)31(67)25(61)15(5-52)76-44)84-46-35(71)32(68)38(19(9-56)79-46)82-42-22(49-12(2)58)28(64)24(60)14(4-51)75-42/h14-47,51-56,60-72H,4-10H2,1-3H3,(H,48,57)(H,49,58)(H,50,59)/t14-,15-,16-,17-,18-,19-,20-,21-,22-,23-,24-,25-,26+,27-,28-,29-,30-,31+,32-,33-,34+,35+,36-,37-,38-,39+,40+,41-,42+,43+,44+,45+,46-,47+/m1/s1. The average Bonchev–Trinajstić information content (AvgIpc) is 2.59. The predicted molar refractivity (Wildman–Crippen MR) is 261 cm³/mol. The Bertz CT molecular complexity index is 2130. The minimum atomic E-state index is -2.37. The first-order chi connectivity index (χ1) is 40.2. The van der Waals surface area contributed by atoms with Gasteiger partial charge in [0.2, 0.25) is 17.7 Å². The molecule has 0 saturated carbocycles. The van der Waals surface area contributed by atoms with Gasteiger partial charge in [0, 0.05) is 20.8 Å². The van der Waals surface area contributed by atoms with Gasteiger partial charge in [0.05, 0.1) is 46.2 Å². The number of amides is 3. The molecule has 0 aromatic carbocycles. The van der Waals surface area contributed by atoms with Crippen LogP contribution in [0.25, 0.3) is 0 Å². The van der Waals surface area contributed by atoms with Gasteiger partial charge in [-0.05, 0) is 0 Å². The molecule has 0 aromatic rings. The van der Waals surface area contributed by atoms with Gasteiger partial charge in [-0.15, -0.1) is 0 Å². The van der Waals surface area contributed by atoms with Crippen molar-refractivity contribution in [2.75, 3.05) is 46.2 Å². The first-order valence-electron chi connectivity index (χ1n) is 27.0. The van der Waals surface area contributed by atoms with E-state index in [1.54, 1.807) is 0 Å². The van der Waals surface area contributed by atoms with Crippen molar-refractivity contribution in [3.05, 3.63) is 0 Å². The number of hydrogen-bond donors (Lipinski definition) is 22. The van der Waals surface area contributed by atoms with E-state index in [-0.39, 0.29) is 0 Å². The minimum absolute atomic E-state index is 0.748. The van der Waals surface area contributed by atoms with Crippen LogP contribution in [0, 0.1) is 0 Å². The third-order valence-corrected chi connectivity index (χ3v) is 15.4. The maximum absolute atomic E-state index is 12.8. The van der Waals surface area contributed by atoms with Crippen LogP contribution in [0.1, 0.15) is 20.8 Å². The van der Waals surface area contributed by atoms with E-state index < -0.39 is 273 Å². The van der Waals surface area contributed by atoms with Gasteiger partial charge in [0.1, 0.15) is 165 Å². The van der Waals surface area contributed by atoms with Gasteiger partial charge >= 0.3 is 0 Å². The number of carbonyl (C=O) groups is 3. The minimum Gasteiger partial charge on any atom is -0.394 e. The van der Waals surface area contributed by atoms with Crippen LogP contribution < -0.4 is 16.0 Å². The molecule has 34 atom stereocenters. The molecule has 0 bridgehead atoms. The van der Waals surface area contributed by atoms with Gasteiger partial charge in [-0.25, -0.2) is 0 Å². The summed E-state index contributed by atoms with van der Waals surface area (Å²) in [4.78, 5) is 37.0. The van der Waals surface area contributed by atoms with Crippen LogP contribution in [0.2, 0.25) is 0 Å². The highest BCUT2D eigenvalue weighted by molar-refractivity contribution is 5.74. The molecule has 85 heavy (non-hydrogen) atoms. The van der Waals surface area contributed by atoms with E-state index in [1.807, 2.05) is 0 Å². The summed E-state index contributed by atoms with van der Waals surface area (Å²) in [5, 5.41) is 214. The Morgan fingerprint density at radius 3 is 1.14 bits per heavy atom. The zero-order valence-electron chi connectivity index (χ0n) is 45.6. The van der Waals surface area contributed by atoms with E-state index in [9.17, 15) is 111 Å². The summed E-state index contributed by atoms with van der Waals surface area (Å²) >= 11 is 0. The number of carbonyl (C=O) groups excluding carboxylic acids is 3. The summed E-state index contributed by atoms with van der Waals surface area (Å²) in [7, 11) is 0. The molecule has 7 heterocycles. The quantitative estimate of drug-likeness (QED) is 0.0479. The summed E-state index contributed by atoms with van der Waals surface area (Å²) in [6.45, 7) is -3.91. The summed E-state index contributed by atoms with van der Waals surface area (Å²) < 4.78 is 76.4. The predicted octanol–water partition coefficient (Wildman–Crippen LogP) is -15.2. The smallest absolute Gasteiger partial charge is 0.217 e. The number of hydrogen-bond acceptors (Lipinski definition) is 35. The molecule has 0 unspecified atom stereocenters. The molecule has 0 aromatic heterocycles. The number of aliphatic hydroxyl groups excluding tert-OH is 19. The van der Waals surface area contributed by atoms with E-state index in [0.29, 0.717) is 0 Å². The van der Waals surface area contributed by atoms with Crippen molar-refractivity contribution in [2.24, 2.45) is 0 Å². The van der Waals surface area contributed by atoms with E-state index in [1.165, 1.54) is 0 Å². The lowest BCUT2D eigenvalue weighted by Crippen LogP contribution is -2.71. The van der Waals surface area contributed by atoms with Gasteiger partial charge in [-0.2, -0.15) is 0 Å². The Hall–Kier alpha value is -2.87. The van der Waals surface area contributed by atoms with E-state index in [2.05, 4.69) is 16.0 Å². The number of nitrogens with one attached hydrogen (secondary N) is 3. The van der Waals surface area contributed by atoms with Crippen LogP contribution >= 0.6 is 0 Å². The van der Waals surface area contributed by atoms with Crippen LogP contribution in [0.3, 0.4) is 0 Å². The van der Waals surface area contributed by atoms with Crippen LogP contribution in [0.15, 0.2) is 0 Å². The maximum Gasteiger partial charge on any atom is 0.217 e. The topological polar surface area (TPSA) is 592 Å². The van der Waals surface area contributed by atoms with Crippen molar-refractivity contribution in [1.29, 1.82) is 0 Å². The lowest BCUT2D eigenvalue weighted by molar-refractivity contribution is -0.401. The molecule has 492 valence electrons. The first kappa shape index (κ1) is 69.6. The maximum atomic E-state index is 12.8. The Morgan fingerprint density at radius 2 is 0.635 bits per heavy atom. The molecule has 7 aliphatic rings. The fraction of sp³-hybridized carbons (Fsp3) is 0.936. The average molecular weight is 1250 g/mol. The van der Waals surface area contributed by atoms with E-state index in [4.69, 9.17) is 61.6 Å². The van der Waals surface area contributed by atoms with Gasteiger partial charge in [-0.1, -0.05) is 0 Å². The molecular formula is C47H79N3O35. The highest BCUT2D eigenvalue weighted by atomic mass is 16.8. The molecule has 7 saturated heterocycles. The summed E-state index contributed by atoms with van der Waals surface area (Å²) in [6, 6.07) is -5.06. The third-order valence-electron chi connectivity index (χ3n) is 15.4. The van der Waals surface area contributed by atoms with Crippen LogP contribution in [0.4, 0.5) is 0 Å². The highest BCUT2D eigenvalue weighted by Crippen LogP contribution is 2.39. The lowest BCUT2D eigenvalue weighted by atomic mass is 9.93. The number of aliphatic hydroxyl groups is 19. The Labute approximate surface area is 481 Å². The van der Waals surface area contributed by atoms with Crippen molar-refractivity contribution in [3.8, 4) is 0 Å². The molecule has 38 heteroatoms. The lowest BCUT2D eigenvalue weighted by Gasteiger charge is -2.51. The van der Waals surface area contributed by atoms with Crippen molar-refractivity contribution in [1.82, 2.24) is 16.0 Å². The SMILES string of the molecule is CC(=O)N[C@@H]1[C@@H](O)[C@H](O[C@@H]2O[C@H](CO)[C@@H](O[C@@H]3O[C@H](CO[C@H]4O[C@H](CO)[C@@H](O)[C@H](O)[C@@H]4O)[C@@H](O)[C@H](O[C@H]4O[C@H](CO)[C@@H](O[C@@H]5O[C@H](CO)[C@@H](O)[C@H](O)[C@H]5NC(C)=O)[C@H](O)[C@@H]4O)[C@@H]3O[C@@H]3O[C@H](CO)[C@H](O)[C@H]3O)[C@H](O)[C@H]2NC(C)=O)[C@@H](CO)O[C@H]1O. The van der Waals surface area contributed by atoms with Crippen molar-refractivity contribution < 1.29 is 173 Å². The Morgan fingerprint density at radius 1 is 0.306 bits per heavy atom. The zero-order chi connectivity index (χ0) is 62.6. The molecule has 0 spiro atoms. The van der Waals surface area contributed by atoms with Crippen molar-refractivity contribution in [3.63, 3.8) is 0 Å². The van der Waals surface area contributed by atoms with E-state index in [0.717, 1.165) is 20.8 Å². The second-order valence-electron chi connectivity index (χ2n) is 21.3. The van der Waals surface area contributed by atoms with Crippen LogP contribution in [-0.2, 0) is 76.0 Å². The van der Waals surface area contributed by atoms with Crippen LogP contribution in [0.5, 0.6) is 0 Å². The molecule has 22 N–H and O–H groups in total. The molecule has 3 amide bonds. The summed E-state index contributed by atoms with van der Waals surface area (Å²) in [6.07, 6.45) is -61.0. The normalized spacial score (nSPS) is 48.8. The molecular weight excluding hydrogens is 1170 g/mol.